The summed E-state index contributed by atoms with van der Waals surface area (Å²) in [6.45, 7) is 4.74. The molecule has 0 bridgehead atoms. The third kappa shape index (κ3) is 4.54. The van der Waals surface area contributed by atoms with Gasteiger partial charge in [0.25, 0.3) is 0 Å². The average molecular weight is 360 g/mol. The molecule has 0 unspecified atom stereocenters. The molecule has 0 saturated heterocycles. The van der Waals surface area contributed by atoms with E-state index in [1.807, 2.05) is 24.3 Å². The number of nitrogens with one attached hydrogen (secondary N) is 1. The Labute approximate surface area is 152 Å². The molecule has 1 N–H and O–H groups in total. The van der Waals surface area contributed by atoms with Gasteiger partial charge in [0.15, 0.2) is 5.16 Å². The van der Waals surface area contributed by atoms with E-state index in [1.54, 1.807) is 7.11 Å². The molecule has 0 atom stereocenters. The summed E-state index contributed by atoms with van der Waals surface area (Å²) in [4.78, 5) is 12.2. The molecular formula is C18H24N4O2S. The van der Waals surface area contributed by atoms with Gasteiger partial charge in [-0.3, -0.25) is 4.79 Å². The van der Waals surface area contributed by atoms with E-state index in [0.717, 1.165) is 22.3 Å². The van der Waals surface area contributed by atoms with Gasteiger partial charge in [-0.15, -0.1) is 10.2 Å². The monoisotopic (exact) mass is 360 g/mol. The number of benzene rings is 1. The van der Waals surface area contributed by atoms with Crippen LogP contribution in [0, 0.1) is 0 Å². The van der Waals surface area contributed by atoms with Crippen molar-refractivity contribution in [3.05, 3.63) is 35.7 Å². The van der Waals surface area contributed by atoms with Gasteiger partial charge < -0.3 is 14.6 Å². The smallest absolute Gasteiger partial charge is 0.230 e. The van der Waals surface area contributed by atoms with Crippen molar-refractivity contribution < 1.29 is 9.53 Å². The third-order valence-electron chi connectivity index (χ3n) is 4.08. The van der Waals surface area contributed by atoms with Crippen LogP contribution in [0.15, 0.2) is 29.4 Å². The standard InChI is InChI=1S/C18H24N4O2S/c1-12(2)17-20-21-18(22(17)14-7-8-14)25-11-16(23)19-10-13-5-4-6-15(9-13)24-3/h4-6,9,12,14H,7-8,10-11H2,1-3H3,(H,19,23). The van der Waals surface area contributed by atoms with E-state index in [0.29, 0.717) is 24.3 Å². The molecule has 0 radical (unpaired) electrons. The Hall–Kier alpha value is -2.02. The number of thioether (sulfide) groups is 1. The molecular weight excluding hydrogens is 336 g/mol. The van der Waals surface area contributed by atoms with Crippen molar-refractivity contribution in [2.24, 2.45) is 0 Å². The maximum atomic E-state index is 12.2. The molecule has 1 aliphatic rings. The van der Waals surface area contributed by atoms with Crippen molar-refractivity contribution in [2.45, 2.75) is 50.4 Å². The van der Waals surface area contributed by atoms with Crippen LogP contribution in [0.25, 0.3) is 0 Å². The quantitative estimate of drug-likeness (QED) is 0.733. The fraction of sp³-hybridized carbons (Fsp3) is 0.500. The average Bonchev–Trinajstić information content (AvgIpc) is 3.37. The van der Waals surface area contributed by atoms with Crippen LogP contribution in [0.4, 0.5) is 0 Å². The van der Waals surface area contributed by atoms with Gasteiger partial charge >= 0.3 is 0 Å². The number of aromatic nitrogens is 3. The van der Waals surface area contributed by atoms with Gasteiger partial charge in [0, 0.05) is 18.5 Å². The highest BCUT2D eigenvalue weighted by Gasteiger charge is 2.30. The number of hydrogen-bond donors (Lipinski definition) is 1. The summed E-state index contributed by atoms with van der Waals surface area (Å²) in [6, 6.07) is 8.20. The van der Waals surface area contributed by atoms with Crippen molar-refractivity contribution in [3.63, 3.8) is 0 Å². The Morgan fingerprint density at radius 1 is 1.40 bits per heavy atom. The van der Waals surface area contributed by atoms with Crippen LogP contribution < -0.4 is 10.1 Å². The molecule has 1 amide bonds. The van der Waals surface area contributed by atoms with Crippen molar-refractivity contribution in [2.75, 3.05) is 12.9 Å². The lowest BCUT2D eigenvalue weighted by atomic mass is 10.2. The minimum absolute atomic E-state index is 0.00994. The molecule has 134 valence electrons. The molecule has 1 heterocycles. The number of hydrogen-bond acceptors (Lipinski definition) is 5. The summed E-state index contributed by atoms with van der Waals surface area (Å²) >= 11 is 1.46. The van der Waals surface area contributed by atoms with Crippen LogP contribution in [-0.4, -0.2) is 33.5 Å². The van der Waals surface area contributed by atoms with Crippen molar-refractivity contribution >= 4 is 17.7 Å². The first-order valence-electron chi connectivity index (χ1n) is 8.55. The molecule has 1 fully saturated rings. The Balaban J connectivity index is 1.54. The number of carbonyl (C=O) groups excluding carboxylic acids is 1. The second-order valence-corrected chi connectivity index (χ2v) is 7.46. The first-order chi connectivity index (χ1) is 12.1. The normalized spacial score (nSPS) is 13.9. The highest BCUT2D eigenvalue weighted by atomic mass is 32.2. The van der Waals surface area contributed by atoms with Crippen LogP contribution in [0.3, 0.4) is 0 Å². The number of rotatable bonds is 8. The van der Waals surface area contributed by atoms with Crippen LogP contribution in [-0.2, 0) is 11.3 Å². The molecule has 6 nitrogen and oxygen atoms in total. The predicted octanol–water partition coefficient (Wildman–Crippen LogP) is 3.15. The topological polar surface area (TPSA) is 69.0 Å². The SMILES string of the molecule is COc1cccc(CNC(=O)CSc2nnc(C(C)C)n2C2CC2)c1. The van der Waals surface area contributed by atoms with Crippen molar-refractivity contribution in [1.82, 2.24) is 20.1 Å². The lowest BCUT2D eigenvalue weighted by Gasteiger charge is -2.11. The molecule has 25 heavy (non-hydrogen) atoms. The Morgan fingerprint density at radius 3 is 2.88 bits per heavy atom. The number of amides is 1. The zero-order valence-electron chi connectivity index (χ0n) is 14.9. The van der Waals surface area contributed by atoms with Gasteiger partial charge in [0.05, 0.1) is 12.9 Å². The first kappa shape index (κ1) is 17.8. The van der Waals surface area contributed by atoms with E-state index in [9.17, 15) is 4.79 Å². The van der Waals surface area contributed by atoms with Gasteiger partial charge in [-0.1, -0.05) is 37.7 Å². The molecule has 1 aromatic heterocycles. The molecule has 1 aromatic carbocycles. The fourth-order valence-electron chi connectivity index (χ4n) is 2.62. The second kappa shape index (κ2) is 7.91. The lowest BCUT2D eigenvalue weighted by molar-refractivity contribution is -0.118. The van der Waals surface area contributed by atoms with E-state index >= 15 is 0 Å². The number of ether oxygens (including phenoxy) is 1. The molecule has 1 saturated carbocycles. The highest BCUT2D eigenvalue weighted by molar-refractivity contribution is 7.99. The zero-order chi connectivity index (χ0) is 17.8. The van der Waals surface area contributed by atoms with E-state index in [2.05, 4.69) is 33.9 Å². The number of carbonyl (C=O) groups is 1. The Morgan fingerprint density at radius 2 is 2.20 bits per heavy atom. The van der Waals surface area contributed by atoms with E-state index in [-0.39, 0.29) is 5.91 Å². The van der Waals surface area contributed by atoms with Gasteiger partial charge in [0.1, 0.15) is 11.6 Å². The summed E-state index contributed by atoms with van der Waals surface area (Å²) < 4.78 is 7.41. The van der Waals surface area contributed by atoms with Crippen molar-refractivity contribution in [1.29, 1.82) is 0 Å². The van der Waals surface area contributed by atoms with Gasteiger partial charge in [-0.25, -0.2) is 0 Å². The van der Waals surface area contributed by atoms with Crippen LogP contribution in [0.2, 0.25) is 0 Å². The molecule has 3 rings (SSSR count). The Kier molecular flexibility index (Phi) is 5.63. The summed E-state index contributed by atoms with van der Waals surface area (Å²) in [5, 5.41) is 12.4. The van der Waals surface area contributed by atoms with Gasteiger partial charge in [0.2, 0.25) is 5.91 Å². The third-order valence-corrected chi connectivity index (χ3v) is 5.02. The van der Waals surface area contributed by atoms with Gasteiger partial charge in [-0.2, -0.15) is 0 Å². The summed E-state index contributed by atoms with van der Waals surface area (Å²) in [6.07, 6.45) is 2.35. The van der Waals surface area contributed by atoms with E-state index in [4.69, 9.17) is 4.74 Å². The van der Waals surface area contributed by atoms with E-state index in [1.165, 1.54) is 24.6 Å². The van der Waals surface area contributed by atoms with Gasteiger partial charge in [-0.05, 0) is 30.5 Å². The van der Waals surface area contributed by atoms with Crippen LogP contribution in [0.5, 0.6) is 5.75 Å². The predicted molar refractivity (Wildman–Crippen MR) is 97.9 cm³/mol. The molecule has 1 aliphatic carbocycles. The molecule has 7 heteroatoms. The first-order valence-corrected chi connectivity index (χ1v) is 9.54. The fourth-order valence-corrected chi connectivity index (χ4v) is 3.46. The number of nitrogens with zero attached hydrogens (tertiary/aromatic N) is 3. The highest BCUT2D eigenvalue weighted by Crippen LogP contribution is 2.40. The summed E-state index contributed by atoms with van der Waals surface area (Å²) in [5.74, 6) is 2.47. The summed E-state index contributed by atoms with van der Waals surface area (Å²) in [5.41, 5.74) is 1.01. The Bertz CT molecular complexity index is 740. The van der Waals surface area contributed by atoms with E-state index < -0.39 is 0 Å². The maximum absolute atomic E-state index is 12.2. The number of methoxy groups -OCH3 is 1. The zero-order valence-corrected chi connectivity index (χ0v) is 15.7. The summed E-state index contributed by atoms with van der Waals surface area (Å²) in [7, 11) is 1.63. The minimum atomic E-state index is -0.00994. The molecule has 2 aromatic rings. The molecule has 0 aliphatic heterocycles. The van der Waals surface area contributed by atoms with Crippen molar-refractivity contribution in [3.8, 4) is 5.75 Å². The van der Waals surface area contributed by atoms with Crippen LogP contribution in [0.1, 0.15) is 50.0 Å². The largest absolute Gasteiger partial charge is 0.497 e. The minimum Gasteiger partial charge on any atom is -0.497 e. The van der Waals surface area contributed by atoms with Crippen LogP contribution >= 0.6 is 11.8 Å². The lowest BCUT2D eigenvalue weighted by Crippen LogP contribution is -2.24. The molecule has 0 spiro atoms. The second-order valence-electron chi connectivity index (χ2n) is 6.51. The maximum Gasteiger partial charge on any atom is 0.230 e.